The van der Waals surface area contributed by atoms with E-state index < -0.39 is 17.7 Å². The molecule has 0 spiro atoms. The van der Waals surface area contributed by atoms with Crippen LogP contribution >= 0.6 is 0 Å². The first-order valence-corrected chi connectivity index (χ1v) is 4.62. The Morgan fingerprint density at radius 3 is 2.47 bits per heavy atom. The van der Waals surface area contributed by atoms with Crippen LogP contribution in [-0.2, 0) is 0 Å². The SMILES string of the molecule is COc1cccc2c(C(=O)O)c(C(=O)O)oc12. The number of carboxylic acid groups (broad SMARTS) is 2. The van der Waals surface area contributed by atoms with Crippen LogP contribution in [0.25, 0.3) is 11.0 Å². The third kappa shape index (κ3) is 1.59. The Labute approximate surface area is 95.0 Å². The number of carbonyl (C=O) groups is 2. The molecule has 6 heteroatoms. The van der Waals surface area contributed by atoms with E-state index in [0.717, 1.165) is 0 Å². The summed E-state index contributed by atoms with van der Waals surface area (Å²) >= 11 is 0. The lowest BCUT2D eigenvalue weighted by molar-refractivity contribution is 0.0628. The smallest absolute Gasteiger partial charge is 0.372 e. The van der Waals surface area contributed by atoms with Gasteiger partial charge in [0.25, 0.3) is 0 Å². The van der Waals surface area contributed by atoms with Crippen molar-refractivity contribution in [3.63, 3.8) is 0 Å². The lowest BCUT2D eigenvalue weighted by Crippen LogP contribution is -2.04. The van der Waals surface area contributed by atoms with E-state index in [1.807, 2.05) is 0 Å². The van der Waals surface area contributed by atoms with Gasteiger partial charge in [-0.05, 0) is 12.1 Å². The fourth-order valence-electron chi connectivity index (χ4n) is 1.62. The van der Waals surface area contributed by atoms with Gasteiger partial charge in [-0.1, -0.05) is 6.07 Å². The number of rotatable bonds is 3. The van der Waals surface area contributed by atoms with Crippen LogP contribution in [0.15, 0.2) is 22.6 Å². The second-order valence-corrected chi connectivity index (χ2v) is 3.25. The number of ether oxygens (including phenoxy) is 1. The number of furan rings is 1. The summed E-state index contributed by atoms with van der Waals surface area (Å²) in [5.41, 5.74) is -0.254. The molecule has 0 aliphatic heterocycles. The van der Waals surface area contributed by atoms with Crippen molar-refractivity contribution in [2.24, 2.45) is 0 Å². The summed E-state index contributed by atoms with van der Waals surface area (Å²) in [5, 5.41) is 18.1. The number of carboxylic acids is 2. The highest BCUT2D eigenvalue weighted by molar-refractivity contribution is 6.11. The number of fused-ring (bicyclic) bond motifs is 1. The molecule has 0 aliphatic rings. The Hall–Kier alpha value is -2.50. The molecule has 0 unspecified atom stereocenters. The molecule has 1 heterocycles. The predicted octanol–water partition coefficient (Wildman–Crippen LogP) is 1.84. The normalized spacial score (nSPS) is 10.4. The molecular formula is C11H8O6. The van der Waals surface area contributed by atoms with Gasteiger partial charge >= 0.3 is 11.9 Å². The average molecular weight is 236 g/mol. The zero-order valence-corrected chi connectivity index (χ0v) is 8.76. The maximum Gasteiger partial charge on any atom is 0.372 e. The largest absolute Gasteiger partial charge is 0.493 e. The van der Waals surface area contributed by atoms with E-state index in [9.17, 15) is 9.59 Å². The Balaban J connectivity index is 2.88. The van der Waals surface area contributed by atoms with Gasteiger partial charge in [0, 0.05) is 5.39 Å². The van der Waals surface area contributed by atoms with Gasteiger partial charge in [-0.15, -0.1) is 0 Å². The molecule has 17 heavy (non-hydrogen) atoms. The monoisotopic (exact) mass is 236 g/mol. The van der Waals surface area contributed by atoms with Crippen molar-refractivity contribution >= 4 is 22.9 Å². The van der Waals surface area contributed by atoms with E-state index in [0.29, 0.717) is 0 Å². The average Bonchev–Trinajstić information content (AvgIpc) is 2.67. The summed E-state index contributed by atoms with van der Waals surface area (Å²) in [6, 6.07) is 4.59. The zero-order valence-electron chi connectivity index (χ0n) is 8.76. The summed E-state index contributed by atoms with van der Waals surface area (Å²) in [4.78, 5) is 21.9. The lowest BCUT2D eigenvalue weighted by atomic mass is 10.1. The topological polar surface area (TPSA) is 97.0 Å². The number of hydrogen-bond acceptors (Lipinski definition) is 4. The van der Waals surface area contributed by atoms with Crippen LogP contribution in [0.4, 0.5) is 0 Å². The molecule has 6 nitrogen and oxygen atoms in total. The predicted molar refractivity (Wildman–Crippen MR) is 56.7 cm³/mol. The molecule has 1 aromatic heterocycles. The van der Waals surface area contributed by atoms with Crippen LogP contribution in [0.5, 0.6) is 5.75 Å². The minimum absolute atomic E-state index is 0.116. The number of para-hydroxylation sites is 1. The van der Waals surface area contributed by atoms with Crippen molar-refractivity contribution in [3.05, 3.63) is 29.5 Å². The van der Waals surface area contributed by atoms with E-state index >= 15 is 0 Å². The molecule has 0 saturated carbocycles. The molecule has 0 radical (unpaired) electrons. The third-order valence-corrected chi connectivity index (χ3v) is 2.31. The van der Waals surface area contributed by atoms with Crippen LogP contribution in [0.1, 0.15) is 20.9 Å². The Morgan fingerprint density at radius 2 is 1.94 bits per heavy atom. The number of benzene rings is 1. The van der Waals surface area contributed by atoms with E-state index in [1.165, 1.54) is 13.2 Å². The summed E-state index contributed by atoms with van der Waals surface area (Å²) in [5.74, 6) is -3.09. The maximum atomic E-state index is 11.0. The quantitative estimate of drug-likeness (QED) is 0.843. The van der Waals surface area contributed by atoms with Gasteiger partial charge in [0.2, 0.25) is 5.76 Å². The minimum atomic E-state index is -1.43. The second kappa shape index (κ2) is 3.82. The van der Waals surface area contributed by atoms with E-state index in [1.54, 1.807) is 12.1 Å². The Morgan fingerprint density at radius 1 is 1.24 bits per heavy atom. The van der Waals surface area contributed by atoms with Gasteiger partial charge in [-0.2, -0.15) is 0 Å². The minimum Gasteiger partial charge on any atom is -0.493 e. The molecule has 0 aliphatic carbocycles. The first-order chi connectivity index (χ1) is 8.06. The van der Waals surface area contributed by atoms with E-state index in [4.69, 9.17) is 19.4 Å². The molecule has 88 valence electrons. The standard InChI is InChI=1S/C11H8O6/c1-16-6-4-2-3-5-7(10(12)13)9(11(14)15)17-8(5)6/h2-4H,1H3,(H,12,13)(H,14,15). The molecule has 1 aromatic carbocycles. The van der Waals surface area contributed by atoms with Crippen molar-refractivity contribution in [2.75, 3.05) is 7.11 Å². The zero-order chi connectivity index (χ0) is 12.6. The first-order valence-electron chi connectivity index (χ1n) is 4.62. The van der Waals surface area contributed by atoms with Crippen molar-refractivity contribution < 1.29 is 29.0 Å². The van der Waals surface area contributed by atoms with Crippen LogP contribution < -0.4 is 4.74 Å². The van der Waals surface area contributed by atoms with Gasteiger partial charge < -0.3 is 19.4 Å². The Kier molecular flexibility index (Phi) is 2.47. The van der Waals surface area contributed by atoms with Crippen LogP contribution in [0.2, 0.25) is 0 Å². The van der Waals surface area contributed by atoms with E-state index in [-0.39, 0.29) is 22.3 Å². The summed E-state index contributed by atoms with van der Waals surface area (Å²) in [7, 11) is 1.39. The molecule has 2 rings (SSSR count). The van der Waals surface area contributed by atoms with Crippen molar-refractivity contribution in [3.8, 4) is 5.75 Å². The van der Waals surface area contributed by atoms with Crippen molar-refractivity contribution in [2.45, 2.75) is 0 Å². The molecule has 2 N–H and O–H groups in total. The van der Waals surface area contributed by atoms with Gasteiger partial charge in [0.15, 0.2) is 11.3 Å². The number of hydrogen-bond donors (Lipinski definition) is 2. The highest BCUT2D eigenvalue weighted by Crippen LogP contribution is 2.32. The van der Waals surface area contributed by atoms with Crippen molar-refractivity contribution in [1.29, 1.82) is 0 Å². The van der Waals surface area contributed by atoms with E-state index in [2.05, 4.69) is 0 Å². The summed E-state index contributed by atoms with van der Waals surface area (Å²) in [6.07, 6.45) is 0. The molecule has 0 fully saturated rings. The van der Waals surface area contributed by atoms with Gasteiger partial charge in [-0.25, -0.2) is 9.59 Å². The second-order valence-electron chi connectivity index (χ2n) is 3.25. The maximum absolute atomic E-state index is 11.0. The fraction of sp³-hybridized carbons (Fsp3) is 0.0909. The van der Waals surface area contributed by atoms with Crippen LogP contribution in [-0.4, -0.2) is 29.3 Å². The highest BCUT2D eigenvalue weighted by atomic mass is 16.5. The molecule has 0 saturated heterocycles. The molecule has 0 bridgehead atoms. The third-order valence-electron chi connectivity index (χ3n) is 2.31. The fourth-order valence-corrected chi connectivity index (χ4v) is 1.62. The molecule has 0 atom stereocenters. The number of methoxy groups -OCH3 is 1. The van der Waals surface area contributed by atoms with Crippen LogP contribution in [0, 0.1) is 0 Å². The lowest BCUT2D eigenvalue weighted by Gasteiger charge is -1.98. The molecular weight excluding hydrogens is 228 g/mol. The van der Waals surface area contributed by atoms with Crippen LogP contribution in [0.3, 0.4) is 0 Å². The first kappa shape index (κ1) is 11.0. The van der Waals surface area contributed by atoms with Gasteiger partial charge in [0.05, 0.1) is 7.11 Å². The molecule has 2 aromatic rings. The number of aromatic carboxylic acids is 2. The van der Waals surface area contributed by atoms with Gasteiger partial charge in [0.1, 0.15) is 5.56 Å². The summed E-state index contributed by atoms with van der Waals surface area (Å²) in [6.45, 7) is 0. The highest BCUT2D eigenvalue weighted by Gasteiger charge is 2.26. The van der Waals surface area contributed by atoms with Gasteiger partial charge in [-0.3, -0.25) is 0 Å². The molecule has 0 amide bonds. The summed E-state index contributed by atoms with van der Waals surface area (Å²) < 4.78 is 10.0. The Bertz CT molecular complexity index is 610. The van der Waals surface area contributed by atoms with Crippen molar-refractivity contribution in [1.82, 2.24) is 0 Å².